The first-order chi connectivity index (χ1) is 6.68. The number of hydrogen-bond acceptors (Lipinski definition) is 1. The van der Waals surface area contributed by atoms with Crippen LogP contribution in [0.4, 0.5) is 0 Å². The van der Waals surface area contributed by atoms with Crippen LogP contribution in [0.15, 0.2) is 22.9 Å². The second kappa shape index (κ2) is 3.98. The molecule has 1 unspecified atom stereocenters. The van der Waals surface area contributed by atoms with Crippen LogP contribution in [0.25, 0.3) is 0 Å². The fourth-order valence-corrected chi connectivity index (χ4v) is 2.27. The molecule has 1 atom stereocenters. The second-order valence-electron chi connectivity index (χ2n) is 4.52. The van der Waals surface area contributed by atoms with Crippen LogP contribution < -0.4 is 0 Å². The first-order valence-corrected chi connectivity index (χ1v) is 5.86. The summed E-state index contributed by atoms with van der Waals surface area (Å²) < 4.78 is 0. The molecule has 1 nitrogen and oxygen atoms in total. The van der Waals surface area contributed by atoms with Crippen LogP contribution >= 0.6 is 11.6 Å². The van der Waals surface area contributed by atoms with Crippen molar-refractivity contribution in [1.82, 2.24) is 4.90 Å². The SMILES string of the molecule is CC1=C(Cl)C(C)N(CC2CCC2)C=C1. The van der Waals surface area contributed by atoms with E-state index in [1.165, 1.54) is 31.4 Å². The summed E-state index contributed by atoms with van der Waals surface area (Å²) in [5.74, 6) is 0.907. The van der Waals surface area contributed by atoms with Crippen molar-refractivity contribution < 1.29 is 0 Å². The van der Waals surface area contributed by atoms with E-state index in [1.54, 1.807) is 0 Å². The Balaban J connectivity index is 1.98. The first-order valence-electron chi connectivity index (χ1n) is 5.48. The Morgan fingerprint density at radius 3 is 2.79 bits per heavy atom. The number of hydrogen-bond donors (Lipinski definition) is 0. The summed E-state index contributed by atoms with van der Waals surface area (Å²) in [6.45, 7) is 5.45. The third-order valence-electron chi connectivity index (χ3n) is 3.45. The third kappa shape index (κ3) is 1.83. The Hall–Kier alpha value is -0.430. The maximum absolute atomic E-state index is 6.24. The molecule has 1 saturated carbocycles. The standard InChI is InChI=1S/C12H18ClN/c1-9-6-7-14(10(2)12(9)13)8-11-4-3-5-11/h6-7,10-11H,3-5,8H2,1-2H3. The lowest BCUT2D eigenvalue weighted by Crippen LogP contribution is -2.36. The Morgan fingerprint density at radius 2 is 2.21 bits per heavy atom. The van der Waals surface area contributed by atoms with Crippen LogP contribution in [0.1, 0.15) is 33.1 Å². The first kappa shape index (κ1) is 10.1. The van der Waals surface area contributed by atoms with Crippen molar-refractivity contribution >= 4 is 11.6 Å². The molecule has 14 heavy (non-hydrogen) atoms. The topological polar surface area (TPSA) is 3.24 Å². The molecule has 0 amide bonds. The van der Waals surface area contributed by atoms with Crippen molar-refractivity contribution in [3.63, 3.8) is 0 Å². The number of rotatable bonds is 2. The molecule has 1 heterocycles. The van der Waals surface area contributed by atoms with Gasteiger partial charge in [-0.15, -0.1) is 0 Å². The van der Waals surface area contributed by atoms with Gasteiger partial charge in [0.1, 0.15) is 0 Å². The number of halogens is 1. The molecule has 1 fully saturated rings. The minimum absolute atomic E-state index is 0.377. The zero-order chi connectivity index (χ0) is 10.1. The average molecular weight is 212 g/mol. The molecule has 2 aliphatic rings. The van der Waals surface area contributed by atoms with Gasteiger partial charge in [-0.25, -0.2) is 0 Å². The zero-order valence-electron chi connectivity index (χ0n) is 8.96. The van der Waals surface area contributed by atoms with Gasteiger partial charge in [0.15, 0.2) is 0 Å². The normalized spacial score (nSPS) is 28.2. The Morgan fingerprint density at radius 1 is 1.50 bits per heavy atom. The van der Waals surface area contributed by atoms with Crippen molar-refractivity contribution in [1.29, 1.82) is 0 Å². The van der Waals surface area contributed by atoms with Gasteiger partial charge >= 0.3 is 0 Å². The molecule has 1 aliphatic heterocycles. The van der Waals surface area contributed by atoms with E-state index >= 15 is 0 Å². The highest BCUT2D eigenvalue weighted by Crippen LogP contribution is 2.31. The second-order valence-corrected chi connectivity index (χ2v) is 4.92. The van der Waals surface area contributed by atoms with Gasteiger partial charge < -0.3 is 4.90 Å². The lowest BCUT2D eigenvalue weighted by atomic mass is 9.84. The number of allylic oxidation sites excluding steroid dienone is 2. The van der Waals surface area contributed by atoms with Gasteiger partial charge in [0, 0.05) is 11.6 Å². The Labute approximate surface area is 91.4 Å². The maximum atomic E-state index is 6.24. The van der Waals surface area contributed by atoms with E-state index in [1.807, 2.05) is 0 Å². The van der Waals surface area contributed by atoms with E-state index in [2.05, 4.69) is 31.0 Å². The van der Waals surface area contributed by atoms with E-state index in [9.17, 15) is 0 Å². The lowest BCUT2D eigenvalue weighted by Gasteiger charge is -2.37. The molecule has 0 bridgehead atoms. The van der Waals surface area contributed by atoms with E-state index in [4.69, 9.17) is 11.6 Å². The molecule has 0 spiro atoms. The van der Waals surface area contributed by atoms with Crippen molar-refractivity contribution in [3.05, 3.63) is 22.9 Å². The van der Waals surface area contributed by atoms with E-state index in [0.717, 1.165) is 11.0 Å². The van der Waals surface area contributed by atoms with E-state index in [-0.39, 0.29) is 0 Å². The summed E-state index contributed by atoms with van der Waals surface area (Å²) in [7, 11) is 0. The smallest absolute Gasteiger partial charge is 0.0617 e. The summed E-state index contributed by atoms with van der Waals surface area (Å²) in [6.07, 6.45) is 8.54. The molecule has 0 N–H and O–H groups in total. The predicted octanol–water partition coefficient (Wildman–Crippen LogP) is 3.52. The van der Waals surface area contributed by atoms with Gasteiger partial charge in [-0.2, -0.15) is 0 Å². The van der Waals surface area contributed by atoms with E-state index in [0.29, 0.717) is 6.04 Å². The number of nitrogens with zero attached hydrogens (tertiary/aromatic N) is 1. The quantitative estimate of drug-likeness (QED) is 0.676. The monoisotopic (exact) mass is 211 g/mol. The minimum atomic E-state index is 0.377. The van der Waals surface area contributed by atoms with Crippen LogP contribution in [0.2, 0.25) is 0 Å². The van der Waals surface area contributed by atoms with Crippen molar-refractivity contribution in [3.8, 4) is 0 Å². The van der Waals surface area contributed by atoms with Crippen LogP contribution in [-0.2, 0) is 0 Å². The highest BCUT2D eigenvalue weighted by molar-refractivity contribution is 6.30. The van der Waals surface area contributed by atoms with Gasteiger partial charge in [-0.1, -0.05) is 18.0 Å². The molecule has 0 radical (unpaired) electrons. The maximum Gasteiger partial charge on any atom is 0.0617 e. The highest BCUT2D eigenvalue weighted by atomic mass is 35.5. The fraction of sp³-hybridized carbons (Fsp3) is 0.667. The molecular weight excluding hydrogens is 194 g/mol. The molecule has 0 saturated heterocycles. The van der Waals surface area contributed by atoms with Gasteiger partial charge in [-0.05, 0) is 50.5 Å². The Bertz CT molecular complexity index is 276. The predicted molar refractivity (Wildman–Crippen MR) is 61.2 cm³/mol. The van der Waals surface area contributed by atoms with Crippen LogP contribution in [-0.4, -0.2) is 17.5 Å². The summed E-state index contributed by atoms with van der Waals surface area (Å²) in [6, 6.07) is 0.377. The molecule has 0 aromatic carbocycles. The molecular formula is C12H18ClN. The summed E-state index contributed by atoms with van der Waals surface area (Å²) in [4.78, 5) is 2.37. The molecule has 2 rings (SSSR count). The van der Waals surface area contributed by atoms with Gasteiger partial charge in [0.2, 0.25) is 0 Å². The summed E-state index contributed by atoms with van der Waals surface area (Å²) >= 11 is 6.24. The van der Waals surface area contributed by atoms with Crippen molar-refractivity contribution in [2.24, 2.45) is 5.92 Å². The van der Waals surface area contributed by atoms with E-state index < -0.39 is 0 Å². The molecule has 1 aliphatic carbocycles. The third-order valence-corrected chi connectivity index (χ3v) is 4.06. The van der Waals surface area contributed by atoms with Crippen LogP contribution in [0.3, 0.4) is 0 Å². The average Bonchev–Trinajstić information content (AvgIpc) is 2.10. The van der Waals surface area contributed by atoms with Crippen LogP contribution in [0, 0.1) is 5.92 Å². The molecule has 78 valence electrons. The van der Waals surface area contributed by atoms with Gasteiger partial charge in [-0.3, -0.25) is 0 Å². The highest BCUT2D eigenvalue weighted by Gasteiger charge is 2.24. The molecule has 0 aromatic heterocycles. The zero-order valence-corrected chi connectivity index (χ0v) is 9.72. The van der Waals surface area contributed by atoms with Crippen LogP contribution in [0.5, 0.6) is 0 Å². The van der Waals surface area contributed by atoms with Gasteiger partial charge in [0.25, 0.3) is 0 Å². The van der Waals surface area contributed by atoms with Gasteiger partial charge in [0.05, 0.1) is 6.04 Å². The summed E-state index contributed by atoms with van der Waals surface area (Å²) in [5.41, 5.74) is 1.21. The fourth-order valence-electron chi connectivity index (χ4n) is 2.08. The lowest BCUT2D eigenvalue weighted by molar-refractivity contribution is 0.204. The van der Waals surface area contributed by atoms with Crippen molar-refractivity contribution in [2.75, 3.05) is 6.54 Å². The molecule has 0 aromatic rings. The molecule has 2 heteroatoms. The largest absolute Gasteiger partial charge is 0.369 e. The minimum Gasteiger partial charge on any atom is -0.369 e. The van der Waals surface area contributed by atoms with Crippen molar-refractivity contribution in [2.45, 2.75) is 39.2 Å². The summed E-state index contributed by atoms with van der Waals surface area (Å²) in [5, 5.41) is 1.01. The Kier molecular flexibility index (Phi) is 2.87.